The maximum atomic E-state index is 11.0. The lowest BCUT2D eigenvalue weighted by atomic mass is 10.8. The number of rotatable bonds is 3. The molecule has 0 unspecified atom stereocenters. The molecule has 0 saturated carbocycles. The van der Waals surface area contributed by atoms with Gasteiger partial charge in [0.15, 0.2) is 6.67 Å². The molecule has 0 saturated heterocycles. The van der Waals surface area contributed by atoms with Gasteiger partial charge in [0.2, 0.25) is 20.6 Å². The first-order valence-electron chi connectivity index (χ1n) is 4.11. The summed E-state index contributed by atoms with van der Waals surface area (Å²) in [6, 6.07) is -1.09. The first-order valence-corrected chi connectivity index (χ1v) is 4.11. The molecule has 0 bridgehead atoms. The SMILES string of the molecule is C=C(F)OCF.CF.FCC(F)(F)F.FCF.FCOF. The van der Waals surface area contributed by atoms with Crippen molar-refractivity contribution in [2.75, 3.05) is 34.5 Å². The van der Waals surface area contributed by atoms with Gasteiger partial charge in [0.25, 0.3) is 6.01 Å². The smallest absolute Gasteiger partial charge is 0.416 e. The van der Waals surface area contributed by atoms with Gasteiger partial charge in [0, 0.05) is 0 Å². The van der Waals surface area contributed by atoms with Crippen LogP contribution in [0.25, 0.3) is 0 Å². The highest BCUT2D eigenvalue weighted by atomic mass is 19.4. The molecular formula is C8H13F11O2. The van der Waals surface area contributed by atoms with Crippen molar-refractivity contribution < 1.29 is 58.1 Å². The summed E-state index contributed by atoms with van der Waals surface area (Å²) in [5.74, 6) is 0. The van der Waals surface area contributed by atoms with Gasteiger partial charge in [-0.25, -0.2) is 22.0 Å². The maximum Gasteiger partial charge on any atom is 0.416 e. The van der Waals surface area contributed by atoms with Crippen molar-refractivity contribution in [1.82, 2.24) is 0 Å². The van der Waals surface area contributed by atoms with Crippen molar-refractivity contribution in [1.29, 1.82) is 0 Å². The summed E-state index contributed by atoms with van der Waals surface area (Å²) in [7, 11) is 0.500. The molecule has 0 heterocycles. The van der Waals surface area contributed by atoms with Crippen LogP contribution in [0, 0.1) is 0 Å². The first kappa shape index (κ1) is 31.9. The summed E-state index contributed by atoms with van der Waals surface area (Å²) in [6.07, 6.45) is -4.62. The fourth-order valence-electron chi connectivity index (χ4n) is 0.0592. The summed E-state index contributed by atoms with van der Waals surface area (Å²) in [5, 5.41) is 0. The van der Waals surface area contributed by atoms with Gasteiger partial charge >= 0.3 is 6.18 Å². The van der Waals surface area contributed by atoms with Gasteiger partial charge in [-0.05, 0) is 11.1 Å². The van der Waals surface area contributed by atoms with Crippen molar-refractivity contribution in [2.24, 2.45) is 0 Å². The van der Waals surface area contributed by atoms with E-state index in [9.17, 15) is 48.4 Å². The van der Waals surface area contributed by atoms with Crippen LogP contribution in [-0.2, 0) is 9.68 Å². The molecule has 0 aliphatic rings. The molecule has 0 N–H and O–H groups in total. The van der Waals surface area contributed by atoms with Crippen molar-refractivity contribution in [3.63, 3.8) is 0 Å². The Morgan fingerprint density at radius 3 is 1.19 bits per heavy atom. The van der Waals surface area contributed by atoms with Crippen LogP contribution in [0.1, 0.15) is 0 Å². The standard InChI is InChI=1S/C3H4F2O.C2H2F4.CH2F2O.CH2F2.CH3F/c1-3(5)6-2-4;3-1-2(4,5)6;2-1-4-3;2-1-3;1-2/h1-2H2;1H2;1H2;1H2;1H3. The molecular weight excluding hydrogens is 337 g/mol. The first-order chi connectivity index (χ1) is 9.66. The minimum absolute atomic E-state index is 0.500. The highest BCUT2D eigenvalue weighted by Gasteiger charge is 2.26. The minimum atomic E-state index is -4.62. The van der Waals surface area contributed by atoms with Crippen molar-refractivity contribution >= 4 is 0 Å². The van der Waals surface area contributed by atoms with Crippen LogP contribution in [-0.4, -0.2) is 40.7 Å². The zero-order valence-corrected chi connectivity index (χ0v) is 10.5. The van der Waals surface area contributed by atoms with Gasteiger partial charge in [0.05, 0.1) is 7.18 Å². The molecule has 21 heavy (non-hydrogen) atoms. The predicted octanol–water partition coefficient (Wildman–Crippen LogP) is 5.17. The van der Waals surface area contributed by atoms with E-state index in [2.05, 4.69) is 16.3 Å². The zero-order valence-electron chi connectivity index (χ0n) is 10.5. The second-order valence-electron chi connectivity index (χ2n) is 1.68. The average molecular weight is 350 g/mol. The van der Waals surface area contributed by atoms with Crippen LogP contribution in [0.3, 0.4) is 0 Å². The molecule has 0 aromatic heterocycles. The molecule has 0 aliphatic carbocycles. The Kier molecular flexibility index (Phi) is 47.4. The summed E-state index contributed by atoms with van der Waals surface area (Å²) >= 11 is 0. The molecule has 2 nitrogen and oxygen atoms in total. The second-order valence-corrected chi connectivity index (χ2v) is 1.68. The van der Waals surface area contributed by atoms with Crippen LogP contribution in [0.2, 0.25) is 0 Å². The average Bonchev–Trinajstić information content (AvgIpc) is 2.42. The number of ether oxygens (including phenoxy) is 1. The highest BCUT2D eigenvalue weighted by molar-refractivity contribution is 4.61. The molecule has 0 aromatic carbocycles. The zero-order chi connectivity index (χ0) is 18.3. The van der Waals surface area contributed by atoms with Crippen LogP contribution in [0.5, 0.6) is 0 Å². The molecule has 13 heteroatoms. The van der Waals surface area contributed by atoms with E-state index in [-0.39, 0.29) is 0 Å². The molecule has 0 amide bonds. The molecule has 0 radical (unpaired) electrons. The lowest BCUT2D eigenvalue weighted by Gasteiger charge is -1.93. The van der Waals surface area contributed by atoms with Crippen LogP contribution in [0.4, 0.5) is 48.4 Å². The van der Waals surface area contributed by atoms with E-state index in [1.807, 2.05) is 0 Å². The molecule has 0 aliphatic heterocycles. The summed E-state index contributed by atoms with van der Waals surface area (Å²) in [6.45, 7) is -3.85. The van der Waals surface area contributed by atoms with E-state index in [1.54, 1.807) is 0 Å². The third-order valence-corrected chi connectivity index (χ3v) is 0.404. The second kappa shape index (κ2) is 31.2. The Hall–Kier alpha value is -1.27. The van der Waals surface area contributed by atoms with Crippen LogP contribution in [0.15, 0.2) is 12.6 Å². The molecule has 0 rings (SSSR count). The fourth-order valence-corrected chi connectivity index (χ4v) is 0.0592. The Labute approximate surface area is 113 Å². The quantitative estimate of drug-likeness (QED) is 0.516. The topological polar surface area (TPSA) is 18.5 Å². The summed E-state index contributed by atoms with van der Waals surface area (Å²) in [4.78, 5) is 2.38. The highest BCUT2D eigenvalue weighted by Crippen LogP contribution is 2.13. The largest absolute Gasteiger partial charge is 0.439 e. The maximum absolute atomic E-state index is 11.0. The number of hydrogen-bond donors (Lipinski definition) is 0. The van der Waals surface area contributed by atoms with E-state index in [1.165, 1.54) is 0 Å². The predicted molar refractivity (Wildman–Crippen MR) is 51.6 cm³/mol. The van der Waals surface area contributed by atoms with Crippen molar-refractivity contribution in [2.45, 2.75) is 6.18 Å². The van der Waals surface area contributed by atoms with E-state index < -0.39 is 39.5 Å². The normalized spacial score (nSPS) is 8.19. The van der Waals surface area contributed by atoms with Crippen molar-refractivity contribution in [3.8, 4) is 0 Å². The molecule has 0 atom stereocenters. The molecule has 0 spiro atoms. The Balaban J connectivity index is -0.0000000537. The van der Waals surface area contributed by atoms with Gasteiger partial charge < -0.3 is 4.74 Å². The van der Waals surface area contributed by atoms with Gasteiger partial charge in [-0.3, -0.25) is 4.39 Å². The summed E-state index contributed by atoms with van der Waals surface area (Å²) < 4.78 is 116. The molecule has 0 fully saturated rings. The van der Waals surface area contributed by atoms with Gasteiger partial charge in [0.1, 0.15) is 0 Å². The Morgan fingerprint density at radius 1 is 0.952 bits per heavy atom. The Morgan fingerprint density at radius 2 is 1.19 bits per heavy atom. The molecule has 0 aromatic rings. The van der Waals surface area contributed by atoms with E-state index in [0.717, 1.165) is 0 Å². The molecule has 134 valence electrons. The fraction of sp³-hybridized carbons (Fsp3) is 0.750. The lowest BCUT2D eigenvalue weighted by Crippen LogP contribution is -2.08. The van der Waals surface area contributed by atoms with Gasteiger partial charge in [-0.1, -0.05) is 0 Å². The van der Waals surface area contributed by atoms with Gasteiger partial charge in [-0.15, -0.1) is 0 Å². The van der Waals surface area contributed by atoms with Crippen molar-refractivity contribution in [3.05, 3.63) is 12.6 Å². The lowest BCUT2D eigenvalue weighted by molar-refractivity contribution is -0.167. The number of alkyl halides is 9. The minimum Gasteiger partial charge on any atom is -0.439 e. The van der Waals surface area contributed by atoms with Gasteiger partial charge in [-0.2, -0.15) is 22.5 Å². The van der Waals surface area contributed by atoms with E-state index in [4.69, 9.17) is 0 Å². The van der Waals surface area contributed by atoms with E-state index in [0.29, 0.717) is 7.18 Å². The number of halogens is 11. The van der Waals surface area contributed by atoms with Crippen LogP contribution >= 0.6 is 0 Å². The Bertz CT molecular complexity index is 163. The third-order valence-electron chi connectivity index (χ3n) is 0.404. The third kappa shape index (κ3) is 160. The summed E-state index contributed by atoms with van der Waals surface area (Å²) in [5.41, 5.74) is 0. The number of hydrogen-bond acceptors (Lipinski definition) is 2. The van der Waals surface area contributed by atoms with Crippen LogP contribution < -0.4 is 0 Å². The van der Waals surface area contributed by atoms with E-state index >= 15 is 0 Å². The monoisotopic (exact) mass is 350 g/mol.